The number of carbonyl (C=O) groups excluding carboxylic acids is 2. The normalized spacial score (nSPS) is 14.4. The molecule has 0 fully saturated rings. The first-order chi connectivity index (χ1) is 9.13. The van der Waals surface area contributed by atoms with Gasteiger partial charge in [0.2, 0.25) is 5.60 Å². The van der Waals surface area contributed by atoms with Gasteiger partial charge in [-0.3, -0.25) is 14.1 Å². The number of ether oxygens (including phenoxy) is 1. The molecular formula is C12H15NO6S. The quantitative estimate of drug-likeness (QED) is 0.616. The Bertz CT molecular complexity index is 639. The first kappa shape index (κ1) is 16.3. The van der Waals surface area contributed by atoms with E-state index in [1.165, 1.54) is 39.2 Å². The van der Waals surface area contributed by atoms with E-state index in [1.54, 1.807) is 0 Å². The van der Waals surface area contributed by atoms with Crippen LogP contribution < -0.4 is 5.32 Å². The van der Waals surface area contributed by atoms with Gasteiger partial charge in [-0.1, -0.05) is 12.1 Å². The third-order valence-electron chi connectivity index (χ3n) is 2.93. The molecule has 0 spiro atoms. The van der Waals surface area contributed by atoms with Gasteiger partial charge in [0.1, 0.15) is 4.90 Å². The fraction of sp³-hybridized carbons (Fsp3) is 0.333. The highest BCUT2D eigenvalue weighted by atomic mass is 32.2. The molecule has 110 valence electrons. The van der Waals surface area contributed by atoms with Crippen molar-refractivity contribution in [1.29, 1.82) is 0 Å². The number of amides is 1. The number of hydrogen-bond donors (Lipinski definition) is 2. The first-order valence-corrected chi connectivity index (χ1v) is 7.01. The molecule has 1 rings (SSSR count). The predicted molar refractivity (Wildman–Crippen MR) is 71.0 cm³/mol. The Morgan fingerprint density at radius 1 is 1.30 bits per heavy atom. The van der Waals surface area contributed by atoms with E-state index in [0.29, 0.717) is 0 Å². The minimum Gasteiger partial charge on any atom is -0.361 e. The lowest BCUT2D eigenvalue weighted by Gasteiger charge is -2.24. The fourth-order valence-electron chi connectivity index (χ4n) is 1.43. The average Bonchev–Trinajstić information content (AvgIpc) is 2.36. The number of nitrogens with one attached hydrogen (secondary N) is 1. The predicted octanol–water partition coefficient (Wildman–Crippen LogP) is 0.866. The highest BCUT2D eigenvalue weighted by molar-refractivity contribution is 7.86. The van der Waals surface area contributed by atoms with Gasteiger partial charge in [0.25, 0.3) is 16.0 Å². The molecule has 2 N–H and O–H groups in total. The van der Waals surface area contributed by atoms with Gasteiger partial charge in [-0.15, -0.1) is 0 Å². The van der Waals surface area contributed by atoms with E-state index >= 15 is 0 Å². The second-order valence-electron chi connectivity index (χ2n) is 4.22. The lowest BCUT2D eigenvalue weighted by Crippen LogP contribution is -2.47. The van der Waals surface area contributed by atoms with Gasteiger partial charge in [-0.2, -0.15) is 8.42 Å². The summed E-state index contributed by atoms with van der Waals surface area (Å²) < 4.78 is 36.3. The Balaban J connectivity index is 3.19. The molecule has 0 heterocycles. The highest BCUT2D eigenvalue weighted by Crippen LogP contribution is 2.22. The van der Waals surface area contributed by atoms with Crippen LogP contribution >= 0.6 is 0 Å². The average molecular weight is 301 g/mol. The molecule has 1 unspecified atom stereocenters. The Kier molecular flexibility index (Phi) is 4.64. The largest absolute Gasteiger partial charge is 0.361 e. The molecule has 0 bridgehead atoms. The van der Waals surface area contributed by atoms with Crippen LogP contribution in [0.2, 0.25) is 0 Å². The summed E-state index contributed by atoms with van der Waals surface area (Å²) in [6.07, 6.45) is 0. The van der Waals surface area contributed by atoms with E-state index in [2.05, 4.69) is 5.32 Å². The second-order valence-corrected chi connectivity index (χ2v) is 5.61. The third-order valence-corrected chi connectivity index (χ3v) is 3.84. The van der Waals surface area contributed by atoms with Crippen molar-refractivity contribution in [2.24, 2.45) is 0 Å². The van der Waals surface area contributed by atoms with Crippen LogP contribution in [0.5, 0.6) is 0 Å². The van der Waals surface area contributed by atoms with E-state index in [1.807, 2.05) is 0 Å². The lowest BCUT2D eigenvalue weighted by atomic mass is 10.0. The van der Waals surface area contributed by atoms with E-state index in [-0.39, 0.29) is 5.69 Å². The van der Waals surface area contributed by atoms with E-state index in [4.69, 9.17) is 9.29 Å². The Labute approximate surface area is 116 Å². The number of anilines is 1. The number of hydrogen-bond acceptors (Lipinski definition) is 5. The number of Topliss-reactive ketones (excluding diaryl/α,β-unsaturated/α-hetero) is 1. The van der Waals surface area contributed by atoms with Crippen LogP contribution in [0.25, 0.3) is 0 Å². The van der Waals surface area contributed by atoms with Gasteiger partial charge in [0, 0.05) is 7.11 Å². The monoisotopic (exact) mass is 301 g/mol. The summed E-state index contributed by atoms with van der Waals surface area (Å²) in [5.74, 6) is -1.37. The van der Waals surface area contributed by atoms with Crippen molar-refractivity contribution in [2.45, 2.75) is 24.3 Å². The topological polar surface area (TPSA) is 110 Å². The van der Waals surface area contributed by atoms with Crippen molar-refractivity contribution in [3.8, 4) is 0 Å². The van der Waals surface area contributed by atoms with Crippen LogP contribution in [-0.4, -0.2) is 37.4 Å². The van der Waals surface area contributed by atoms with Crippen molar-refractivity contribution >= 4 is 27.5 Å². The van der Waals surface area contributed by atoms with Crippen molar-refractivity contribution in [2.75, 3.05) is 12.4 Å². The number of ketones is 1. The summed E-state index contributed by atoms with van der Waals surface area (Å²) in [5, 5.41) is 2.27. The molecule has 1 atom stereocenters. The molecule has 0 saturated heterocycles. The van der Waals surface area contributed by atoms with E-state index in [0.717, 1.165) is 6.07 Å². The first-order valence-electron chi connectivity index (χ1n) is 5.57. The molecule has 0 aliphatic carbocycles. The molecule has 0 aliphatic heterocycles. The molecule has 7 nitrogen and oxygen atoms in total. The zero-order chi connectivity index (χ0) is 15.6. The van der Waals surface area contributed by atoms with Crippen LogP contribution in [0.4, 0.5) is 5.69 Å². The van der Waals surface area contributed by atoms with E-state index in [9.17, 15) is 18.0 Å². The fourth-order valence-corrected chi connectivity index (χ4v) is 2.08. The second kappa shape index (κ2) is 5.70. The van der Waals surface area contributed by atoms with Crippen molar-refractivity contribution < 1.29 is 27.3 Å². The van der Waals surface area contributed by atoms with Gasteiger partial charge >= 0.3 is 0 Å². The van der Waals surface area contributed by atoms with Gasteiger partial charge < -0.3 is 10.1 Å². The zero-order valence-electron chi connectivity index (χ0n) is 11.2. The number of rotatable bonds is 5. The molecule has 0 aromatic heterocycles. The highest BCUT2D eigenvalue weighted by Gasteiger charge is 2.39. The van der Waals surface area contributed by atoms with Crippen molar-refractivity contribution in [3.63, 3.8) is 0 Å². The van der Waals surface area contributed by atoms with Crippen LogP contribution in [0.1, 0.15) is 13.8 Å². The maximum atomic E-state index is 12.1. The number of para-hydroxylation sites is 1. The standard InChI is InChI=1S/C12H15NO6S/c1-8(14)12(2,19-3)11(15)13-9-6-4-5-7-10(9)20(16,17)18/h4-7H,1-3H3,(H,13,15)(H,16,17,18). The number of carbonyl (C=O) groups is 2. The minimum atomic E-state index is -4.49. The van der Waals surface area contributed by atoms with Gasteiger partial charge in [-0.25, -0.2) is 0 Å². The molecule has 8 heteroatoms. The molecular weight excluding hydrogens is 286 g/mol. The zero-order valence-corrected chi connectivity index (χ0v) is 12.0. The molecule has 0 aliphatic rings. The summed E-state index contributed by atoms with van der Waals surface area (Å²) in [6.45, 7) is 2.44. The van der Waals surface area contributed by atoms with Crippen LogP contribution in [0.15, 0.2) is 29.2 Å². The summed E-state index contributed by atoms with van der Waals surface area (Å²) in [7, 11) is -3.30. The van der Waals surface area contributed by atoms with Crippen LogP contribution in [0, 0.1) is 0 Å². The molecule has 1 amide bonds. The lowest BCUT2D eigenvalue weighted by molar-refractivity contribution is -0.149. The van der Waals surface area contributed by atoms with Crippen molar-refractivity contribution in [1.82, 2.24) is 0 Å². The summed E-state index contributed by atoms with van der Waals surface area (Å²) in [5.41, 5.74) is -1.88. The molecule has 20 heavy (non-hydrogen) atoms. The molecule has 0 saturated carbocycles. The SMILES string of the molecule is COC(C)(C(C)=O)C(=O)Nc1ccccc1S(=O)(=O)O. The van der Waals surface area contributed by atoms with Crippen LogP contribution in [-0.2, 0) is 24.4 Å². The Morgan fingerprint density at radius 3 is 2.30 bits per heavy atom. The molecule has 1 aromatic rings. The summed E-state index contributed by atoms with van der Waals surface area (Å²) in [4.78, 5) is 23.0. The number of benzene rings is 1. The third kappa shape index (κ3) is 3.21. The number of methoxy groups -OCH3 is 1. The minimum absolute atomic E-state index is 0.135. The maximum Gasteiger partial charge on any atom is 0.296 e. The summed E-state index contributed by atoms with van der Waals surface area (Å²) in [6, 6.07) is 5.28. The maximum absolute atomic E-state index is 12.1. The van der Waals surface area contributed by atoms with E-state index < -0.39 is 32.3 Å². The van der Waals surface area contributed by atoms with Gasteiger partial charge in [0.05, 0.1) is 5.69 Å². The van der Waals surface area contributed by atoms with Crippen molar-refractivity contribution in [3.05, 3.63) is 24.3 Å². The Hall–Kier alpha value is -1.77. The van der Waals surface area contributed by atoms with Crippen LogP contribution in [0.3, 0.4) is 0 Å². The molecule has 0 radical (unpaired) electrons. The Morgan fingerprint density at radius 2 is 1.85 bits per heavy atom. The smallest absolute Gasteiger partial charge is 0.296 e. The van der Waals surface area contributed by atoms with Gasteiger partial charge in [-0.05, 0) is 26.0 Å². The molecule has 1 aromatic carbocycles. The van der Waals surface area contributed by atoms with Gasteiger partial charge in [0.15, 0.2) is 5.78 Å². The summed E-state index contributed by atoms with van der Waals surface area (Å²) >= 11 is 0.